The molecule has 1 heterocycles. The summed E-state index contributed by atoms with van der Waals surface area (Å²) in [5.74, 6) is -0.282. The zero-order valence-corrected chi connectivity index (χ0v) is 10.9. The van der Waals surface area contributed by atoms with Crippen LogP contribution in [-0.2, 0) is 6.54 Å². The van der Waals surface area contributed by atoms with Gasteiger partial charge in [0.15, 0.2) is 0 Å². The first-order valence-electron chi connectivity index (χ1n) is 5.92. The van der Waals surface area contributed by atoms with E-state index in [9.17, 15) is 4.39 Å². The average Bonchev–Trinajstić information content (AvgIpc) is 2.79. The van der Waals surface area contributed by atoms with Crippen molar-refractivity contribution < 1.29 is 4.39 Å². The molecule has 3 aromatic rings. The van der Waals surface area contributed by atoms with Crippen LogP contribution in [-0.4, -0.2) is 4.57 Å². The third-order valence-corrected chi connectivity index (χ3v) is 3.56. The molecule has 0 fully saturated rings. The molecule has 0 amide bonds. The second kappa shape index (κ2) is 4.59. The summed E-state index contributed by atoms with van der Waals surface area (Å²) in [6.07, 6.45) is 1.93. The van der Waals surface area contributed by atoms with Gasteiger partial charge in [0.1, 0.15) is 5.82 Å². The summed E-state index contributed by atoms with van der Waals surface area (Å²) in [5.41, 5.74) is 8.42. The lowest BCUT2D eigenvalue weighted by molar-refractivity contribution is 0.624. The first-order chi connectivity index (χ1) is 9.15. The molecule has 0 spiro atoms. The summed E-state index contributed by atoms with van der Waals surface area (Å²) in [5, 5.41) is 1.56. The Labute approximate surface area is 115 Å². The number of aromatic nitrogens is 1. The maximum atomic E-state index is 13.3. The van der Waals surface area contributed by atoms with Crippen LogP contribution in [0, 0.1) is 5.82 Å². The van der Waals surface area contributed by atoms with Gasteiger partial charge in [-0.1, -0.05) is 17.7 Å². The van der Waals surface area contributed by atoms with Gasteiger partial charge in [-0.25, -0.2) is 4.39 Å². The van der Waals surface area contributed by atoms with Gasteiger partial charge in [0, 0.05) is 28.8 Å². The van der Waals surface area contributed by atoms with Crippen molar-refractivity contribution in [2.75, 3.05) is 5.73 Å². The molecule has 0 radical (unpaired) electrons. The molecule has 0 bridgehead atoms. The Bertz CT molecular complexity index is 749. The minimum absolute atomic E-state index is 0.282. The highest BCUT2D eigenvalue weighted by atomic mass is 35.5. The molecule has 96 valence electrons. The molecule has 0 saturated carbocycles. The van der Waals surface area contributed by atoms with Gasteiger partial charge >= 0.3 is 0 Å². The summed E-state index contributed by atoms with van der Waals surface area (Å²) in [4.78, 5) is 0. The zero-order chi connectivity index (χ0) is 13.4. The van der Waals surface area contributed by atoms with Crippen LogP contribution in [0.1, 0.15) is 5.56 Å². The highest BCUT2D eigenvalue weighted by Gasteiger charge is 2.07. The Kier molecular flexibility index (Phi) is 2.91. The van der Waals surface area contributed by atoms with E-state index in [2.05, 4.69) is 0 Å². The van der Waals surface area contributed by atoms with E-state index in [4.69, 9.17) is 17.3 Å². The van der Waals surface area contributed by atoms with Crippen molar-refractivity contribution in [2.45, 2.75) is 6.54 Å². The van der Waals surface area contributed by atoms with Crippen LogP contribution in [0.4, 0.5) is 10.1 Å². The molecule has 0 aliphatic rings. The normalized spacial score (nSPS) is 11.1. The van der Waals surface area contributed by atoms with E-state index >= 15 is 0 Å². The SMILES string of the molecule is Nc1cccc2c1ccn2Cc1cc(F)ccc1Cl. The minimum Gasteiger partial charge on any atom is -0.398 e. The van der Waals surface area contributed by atoms with Crippen LogP contribution in [0.2, 0.25) is 5.02 Å². The molecule has 0 atom stereocenters. The maximum absolute atomic E-state index is 13.3. The van der Waals surface area contributed by atoms with Crippen molar-refractivity contribution in [3.05, 3.63) is 65.1 Å². The van der Waals surface area contributed by atoms with Gasteiger partial charge in [0.05, 0.1) is 5.52 Å². The van der Waals surface area contributed by atoms with Gasteiger partial charge in [-0.2, -0.15) is 0 Å². The Morgan fingerprint density at radius 3 is 2.84 bits per heavy atom. The third-order valence-electron chi connectivity index (χ3n) is 3.20. The van der Waals surface area contributed by atoms with Crippen LogP contribution < -0.4 is 5.73 Å². The topological polar surface area (TPSA) is 30.9 Å². The van der Waals surface area contributed by atoms with Crippen molar-refractivity contribution in [1.82, 2.24) is 4.57 Å². The second-order valence-electron chi connectivity index (χ2n) is 4.46. The van der Waals surface area contributed by atoms with Crippen LogP contribution in [0.15, 0.2) is 48.7 Å². The summed E-state index contributed by atoms with van der Waals surface area (Å²) in [6.45, 7) is 0.517. The van der Waals surface area contributed by atoms with Crippen molar-refractivity contribution >= 4 is 28.2 Å². The Morgan fingerprint density at radius 2 is 2.00 bits per heavy atom. The molecule has 19 heavy (non-hydrogen) atoms. The van der Waals surface area contributed by atoms with Crippen molar-refractivity contribution in [3.8, 4) is 0 Å². The van der Waals surface area contributed by atoms with E-state index in [0.717, 1.165) is 22.2 Å². The largest absolute Gasteiger partial charge is 0.398 e. The second-order valence-corrected chi connectivity index (χ2v) is 4.87. The first-order valence-corrected chi connectivity index (χ1v) is 6.30. The number of nitrogens with two attached hydrogens (primary N) is 1. The van der Waals surface area contributed by atoms with Crippen molar-refractivity contribution in [3.63, 3.8) is 0 Å². The predicted molar refractivity (Wildman–Crippen MR) is 76.9 cm³/mol. The van der Waals surface area contributed by atoms with Gasteiger partial charge < -0.3 is 10.3 Å². The standard InChI is InChI=1S/C15H12ClFN2/c16-13-5-4-11(17)8-10(13)9-19-7-6-12-14(18)2-1-3-15(12)19/h1-8H,9,18H2. The lowest BCUT2D eigenvalue weighted by atomic mass is 10.2. The number of nitrogens with zero attached hydrogens (tertiary/aromatic N) is 1. The molecular weight excluding hydrogens is 263 g/mol. The van der Waals surface area contributed by atoms with Crippen LogP contribution in [0.25, 0.3) is 10.9 Å². The monoisotopic (exact) mass is 274 g/mol. The van der Waals surface area contributed by atoms with E-state index < -0.39 is 0 Å². The fourth-order valence-corrected chi connectivity index (χ4v) is 2.41. The molecule has 2 nitrogen and oxygen atoms in total. The maximum Gasteiger partial charge on any atom is 0.123 e. The van der Waals surface area contributed by atoms with Gasteiger partial charge in [0.2, 0.25) is 0 Å². The van der Waals surface area contributed by atoms with E-state index in [1.165, 1.54) is 12.1 Å². The predicted octanol–water partition coefficient (Wildman–Crippen LogP) is 4.06. The number of nitrogen functional groups attached to an aromatic ring is 1. The van der Waals surface area contributed by atoms with Crippen molar-refractivity contribution in [1.29, 1.82) is 0 Å². The minimum atomic E-state index is -0.282. The lowest BCUT2D eigenvalue weighted by Gasteiger charge is -2.08. The fourth-order valence-electron chi connectivity index (χ4n) is 2.23. The van der Waals surface area contributed by atoms with Crippen LogP contribution in [0.3, 0.4) is 0 Å². The number of anilines is 1. The Balaban J connectivity index is 2.06. The molecular formula is C15H12ClFN2. The molecule has 1 aromatic heterocycles. The number of hydrogen-bond donors (Lipinski definition) is 1. The fraction of sp³-hybridized carbons (Fsp3) is 0.0667. The summed E-state index contributed by atoms with van der Waals surface area (Å²) < 4.78 is 15.3. The zero-order valence-electron chi connectivity index (χ0n) is 10.1. The molecule has 0 unspecified atom stereocenters. The highest BCUT2D eigenvalue weighted by Crippen LogP contribution is 2.24. The van der Waals surface area contributed by atoms with E-state index in [1.807, 2.05) is 35.0 Å². The lowest BCUT2D eigenvalue weighted by Crippen LogP contribution is -1.99. The highest BCUT2D eigenvalue weighted by molar-refractivity contribution is 6.31. The van der Waals surface area contributed by atoms with Gasteiger partial charge in [-0.3, -0.25) is 0 Å². The number of benzene rings is 2. The quantitative estimate of drug-likeness (QED) is 0.702. The first kappa shape index (κ1) is 12.1. The Morgan fingerprint density at radius 1 is 1.16 bits per heavy atom. The van der Waals surface area contributed by atoms with Gasteiger partial charge in [-0.15, -0.1) is 0 Å². The summed E-state index contributed by atoms with van der Waals surface area (Å²) >= 11 is 6.09. The van der Waals surface area contributed by atoms with Gasteiger partial charge in [0.25, 0.3) is 0 Å². The summed E-state index contributed by atoms with van der Waals surface area (Å²) in [6, 6.07) is 12.1. The molecule has 3 rings (SSSR count). The van der Waals surface area contributed by atoms with Crippen LogP contribution in [0.5, 0.6) is 0 Å². The molecule has 0 saturated heterocycles. The van der Waals surface area contributed by atoms with Crippen molar-refractivity contribution in [2.24, 2.45) is 0 Å². The number of halogens is 2. The number of fused-ring (bicyclic) bond motifs is 1. The molecule has 4 heteroatoms. The van der Waals surface area contributed by atoms with Crippen LogP contribution >= 0.6 is 11.6 Å². The van der Waals surface area contributed by atoms with E-state index in [1.54, 1.807) is 6.07 Å². The molecule has 2 N–H and O–H groups in total. The third kappa shape index (κ3) is 2.17. The van der Waals surface area contributed by atoms with E-state index in [0.29, 0.717) is 11.6 Å². The smallest absolute Gasteiger partial charge is 0.123 e. The molecule has 0 aliphatic carbocycles. The number of rotatable bonds is 2. The average molecular weight is 275 g/mol. The molecule has 0 aliphatic heterocycles. The van der Waals surface area contributed by atoms with E-state index in [-0.39, 0.29) is 5.82 Å². The number of hydrogen-bond acceptors (Lipinski definition) is 1. The molecule has 2 aromatic carbocycles. The Hall–Kier alpha value is -2.00. The van der Waals surface area contributed by atoms with Gasteiger partial charge in [-0.05, 0) is 42.0 Å². The summed E-state index contributed by atoms with van der Waals surface area (Å²) in [7, 11) is 0.